The Morgan fingerprint density at radius 2 is 1.76 bits per heavy atom. The van der Waals surface area contributed by atoms with Crippen molar-refractivity contribution < 1.29 is 18.7 Å². The van der Waals surface area contributed by atoms with Gasteiger partial charge in [0.25, 0.3) is 0 Å². The molecule has 2 aromatic carbocycles. The minimum atomic E-state index is -0.899. The highest BCUT2D eigenvalue weighted by Crippen LogP contribution is 2.22. The van der Waals surface area contributed by atoms with Crippen molar-refractivity contribution in [1.29, 1.82) is 0 Å². The molecule has 4 aromatic rings. The Labute approximate surface area is 253 Å². The number of benzene rings is 2. The minimum Gasteiger partial charge on any atom is -0.494 e. The summed E-state index contributed by atoms with van der Waals surface area (Å²) in [5.41, 5.74) is 1.92. The minimum absolute atomic E-state index is 0.0804. The Bertz CT molecular complexity index is 1530. The lowest BCUT2D eigenvalue weighted by atomic mass is 10.0. The van der Waals surface area contributed by atoms with Crippen LogP contribution in [0.1, 0.15) is 41.6 Å². The predicted octanol–water partition coefficient (Wildman–Crippen LogP) is 3.99. The maximum atomic E-state index is 13.9. The van der Waals surface area contributed by atoms with Crippen LogP contribution in [0, 0.1) is 5.82 Å². The fourth-order valence-corrected chi connectivity index (χ4v) is 5.19. The molecule has 0 saturated heterocycles. The van der Waals surface area contributed by atoms with Gasteiger partial charge in [0.05, 0.1) is 23.8 Å². The smallest absolute Gasteiger partial charge is 0.230 e. The fraction of sp³-hybridized carbons (Fsp3) is 0.286. The van der Waals surface area contributed by atoms with Crippen molar-refractivity contribution in [1.82, 2.24) is 20.4 Å². The SMILES string of the molecule is [B]C(C)(P)Oc1cccc(CC(=O)Nc2ccc(CCCCc3nnc(NC(=O)Cc4cc(P)ccc4F)s3)nn2)c1. The number of nitrogens with zero attached hydrogens (tertiary/aromatic N) is 4. The van der Waals surface area contributed by atoms with E-state index in [1.165, 1.54) is 17.4 Å². The lowest BCUT2D eigenvalue weighted by Crippen LogP contribution is -2.24. The Morgan fingerprint density at radius 3 is 2.52 bits per heavy atom. The summed E-state index contributed by atoms with van der Waals surface area (Å²) in [4.78, 5) is 24.8. The molecule has 3 unspecified atom stereocenters. The third-order valence-corrected chi connectivity index (χ3v) is 7.17. The maximum absolute atomic E-state index is 13.9. The summed E-state index contributed by atoms with van der Waals surface area (Å²) in [6.07, 6.45) is 3.18. The van der Waals surface area contributed by atoms with Crippen molar-refractivity contribution in [3.63, 3.8) is 0 Å². The lowest BCUT2D eigenvalue weighted by molar-refractivity contribution is -0.116. The number of carbonyl (C=O) groups excluding carboxylic acids is 2. The summed E-state index contributed by atoms with van der Waals surface area (Å²) in [5.74, 6) is -0.0276. The van der Waals surface area contributed by atoms with Crippen molar-refractivity contribution in [2.24, 2.45) is 0 Å². The second-order valence-electron chi connectivity index (χ2n) is 9.85. The van der Waals surface area contributed by atoms with E-state index < -0.39 is 11.1 Å². The van der Waals surface area contributed by atoms with Gasteiger partial charge in [0.15, 0.2) is 5.82 Å². The summed E-state index contributed by atoms with van der Waals surface area (Å²) in [7, 11) is 10.8. The van der Waals surface area contributed by atoms with Crippen molar-refractivity contribution in [3.05, 3.63) is 82.2 Å². The number of carbonyl (C=O) groups is 2. The summed E-state index contributed by atoms with van der Waals surface area (Å²) < 4.78 is 19.5. The Hall–Kier alpha value is -3.33. The molecule has 2 aromatic heterocycles. The molecule has 0 aliphatic rings. The number of ether oxygens (including phenoxy) is 1. The van der Waals surface area contributed by atoms with Crippen molar-refractivity contribution >= 4 is 65.7 Å². The molecule has 4 rings (SSSR count). The third kappa shape index (κ3) is 10.5. The van der Waals surface area contributed by atoms with Crippen LogP contribution in [0.5, 0.6) is 5.75 Å². The Kier molecular flexibility index (Phi) is 11.1. The molecule has 216 valence electrons. The van der Waals surface area contributed by atoms with E-state index in [0.29, 0.717) is 35.1 Å². The molecule has 42 heavy (non-hydrogen) atoms. The topological polar surface area (TPSA) is 119 Å². The fourth-order valence-electron chi connectivity index (χ4n) is 3.96. The first kappa shape index (κ1) is 31.6. The quantitative estimate of drug-likeness (QED) is 0.132. The summed E-state index contributed by atoms with van der Waals surface area (Å²) >= 11 is 1.30. The number of rotatable bonds is 13. The molecule has 2 radical (unpaired) electrons. The largest absolute Gasteiger partial charge is 0.494 e. The first-order valence-electron chi connectivity index (χ1n) is 13.2. The molecule has 2 N–H and O–H groups in total. The Balaban J connectivity index is 1.16. The molecule has 0 aliphatic carbocycles. The average Bonchev–Trinajstić information content (AvgIpc) is 3.35. The van der Waals surface area contributed by atoms with Crippen LogP contribution in [0.4, 0.5) is 15.3 Å². The number of amides is 2. The summed E-state index contributed by atoms with van der Waals surface area (Å²) in [6.45, 7) is 1.72. The normalized spacial score (nSPS) is 12.4. The molecule has 2 amide bonds. The molecule has 0 spiro atoms. The van der Waals surface area contributed by atoms with E-state index >= 15 is 0 Å². The lowest BCUT2D eigenvalue weighted by Gasteiger charge is -2.22. The highest BCUT2D eigenvalue weighted by molar-refractivity contribution is 7.27. The second kappa shape index (κ2) is 14.7. The predicted molar refractivity (Wildman–Crippen MR) is 170 cm³/mol. The zero-order chi connectivity index (χ0) is 30.1. The number of hydrogen-bond donors (Lipinski definition) is 2. The van der Waals surface area contributed by atoms with Crippen LogP contribution in [0.15, 0.2) is 54.6 Å². The third-order valence-electron chi connectivity index (χ3n) is 5.80. The number of aryl methyl sites for hydroxylation is 2. The van der Waals surface area contributed by atoms with Gasteiger partial charge < -0.3 is 15.4 Å². The van der Waals surface area contributed by atoms with Crippen LogP contribution in [-0.4, -0.2) is 45.3 Å². The monoisotopic (exact) mass is 622 g/mol. The van der Waals surface area contributed by atoms with Crippen LogP contribution >= 0.6 is 29.8 Å². The van der Waals surface area contributed by atoms with Crippen molar-refractivity contribution in [3.8, 4) is 5.75 Å². The molecule has 9 nitrogen and oxygen atoms in total. The van der Waals surface area contributed by atoms with Gasteiger partial charge in [0, 0.05) is 6.42 Å². The van der Waals surface area contributed by atoms with E-state index in [2.05, 4.69) is 49.5 Å². The van der Waals surface area contributed by atoms with Gasteiger partial charge in [-0.1, -0.05) is 29.5 Å². The van der Waals surface area contributed by atoms with Crippen molar-refractivity contribution in [2.45, 2.75) is 50.7 Å². The summed E-state index contributed by atoms with van der Waals surface area (Å²) in [5, 5.41) is 23.1. The van der Waals surface area contributed by atoms with Gasteiger partial charge in [-0.05, 0) is 79.0 Å². The van der Waals surface area contributed by atoms with E-state index in [0.717, 1.165) is 34.4 Å². The van der Waals surface area contributed by atoms with E-state index in [9.17, 15) is 14.0 Å². The van der Waals surface area contributed by atoms with Gasteiger partial charge >= 0.3 is 0 Å². The van der Waals surface area contributed by atoms with Crippen LogP contribution in [-0.2, 0) is 35.3 Å². The second-order valence-corrected chi connectivity index (χ2v) is 12.7. The molecule has 0 bridgehead atoms. The molecular formula is C28H30BFN6O3P2S. The van der Waals surface area contributed by atoms with Gasteiger partial charge in [-0.15, -0.1) is 33.8 Å². The molecule has 3 atom stereocenters. The van der Waals surface area contributed by atoms with E-state index in [1.807, 2.05) is 12.1 Å². The van der Waals surface area contributed by atoms with Crippen LogP contribution < -0.4 is 20.7 Å². The zero-order valence-electron chi connectivity index (χ0n) is 23.0. The molecule has 0 fully saturated rings. The number of aromatic nitrogens is 4. The number of unbranched alkanes of at least 4 members (excludes halogenated alkanes) is 1. The number of anilines is 2. The highest BCUT2D eigenvalue weighted by Gasteiger charge is 2.14. The van der Waals surface area contributed by atoms with Crippen molar-refractivity contribution in [2.75, 3.05) is 10.6 Å². The zero-order valence-corrected chi connectivity index (χ0v) is 26.1. The van der Waals surface area contributed by atoms with E-state index in [1.54, 1.807) is 43.3 Å². The Morgan fingerprint density at radius 1 is 0.976 bits per heavy atom. The molecule has 14 heteroatoms. The highest BCUT2D eigenvalue weighted by atomic mass is 32.1. The van der Waals surface area contributed by atoms with Gasteiger partial charge in [0.2, 0.25) is 16.9 Å². The molecule has 2 heterocycles. The van der Waals surface area contributed by atoms with Crippen LogP contribution in [0.25, 0.3) is 0 Å². The number of nitrogens with one attached hydrogen (secondary N) is 2. The van der Waals surface area contributed by atoms with Gasteiger partial charge in [0.1, 0.15) is 24.4 Å². The van der Waals surface area contributed by atoms with Gasteiger partial charge in [-0.3, -0.25) is 9.59 Å². The van der Waals surface area contributed by atoms with E-state index in [-0.39, 0.29) is 24.7 Å². The first-order chi connectivity index (χ1) is 20.0. The van der Waals surface area contributed by atoms with E-state index in [4.69, 9.17) is 12.6 Å². The average molecular weight is 622 g/mol. The number of halogens is 1. The molecule has 0 aliphatic heterocycles. The van der Waals surface area contributed by atoms with Gasteiger partial charge in [-0.2, -0.15) is 5.10 Å². The number of hydrogen-bond acceptors (Lipinski definition) is 8. The van der Waals surface area contributed by atoms with Gasteiger partial charge in [-0.25, -0.2) is 4.39 Å². The first-order valence-corrected chi connectivity index (χ1v) is 15.1. The van der Waals surface area contributed by atoms with Crippen LogP contribution in [0.3, 0.4) is 0 Å². The van der Waals surface area contributed by atoms with Crippen LogP contribution in [0.2, 0.25) is 0 Å². The molecular weight excluding hydrogens is 592 g/mol. The maximum Gasteiger partial charge on any atom is 0.230 e. The standard InChI is InChI=1S/C28H30BFN6O3P2S/c1-28(29,41)39-20-7-4-5-17(13-20)14-24(37)31-23-12-9-19(33-34-23)6-2-3-8-26-35-36-27(42-26)32-25(38)16-18-15-21(40)10-11-22(18)30/h4-5,7,9-13,15H,2-3,6,8,14,16,40-41H2,1H3,(H,31,34,37)(H,32,36,38). The molecule has 0 saturated carbocycles. The summed E-state index contributed by atoms with van der Waals surface area (Å²) in [6, 6.07) is 15.4.